The molecule has 0 saturated carbocycles. The van der Waals surface area contributed by atoms with E-state index in [0.717, 1.165) is 52.2 Å². The molecular weight excluding hydrogens is 282 g/mol. The maximum atomic E-state index is 12.7. The van der Waals surface area contributed by atoms with E-state index >= 15 is 0 Å². The van der Waals surface area contributed by atoms with Crippen molar-refractivity contribution in [2.45, 2.75) is 26.8 Å². The first-order valence-electron chi connectivity index (χ1n) is 7.98. The number of nitrogens with zero attached hydrogens (tertiary/aromatic N) is 2. The highest BCUT2D eigenvalue weighted by Crippen LogP contribution is 2.17. The van der Waals surface area contributed by atoms with E-state index < -0.39 is 0 Å². The quantitative estimate of drug-likeness (QED) is 0.798. The van der Waals surface area contributed by atoms with Gasteiger partial charge in [-0.15, -0.1) is 11.3 Å². The second-order valence-corrected chi connectivity index (χ2v) is 6.59. The topological polar surface area (TPSA) is 35.6 Å². The van der Waals surface area contributed by atoms with E-state index in [4.69, 9.17) is 0 Å². The zero-order chi connectivity index (χ0) is 15.1. The minimum Gasteiger partial charge on any atom is -0.336 e. The number of carbonyl (C=O) groups is 1. The lowest BCUT2D eigenvalue weighted by molar-refractivity contribution is -0.135. The van der Waals surface area contributed by atoms with Crippen molar-refractivity contribution < 1.29 is 4.79 Å². The van der Waals surface area contributed by atoms with Gasteiger partial charge in [0.25, 0.3) is 0 Å². The van der Waals surface area contributed by atoms with Crippen molar-refractivity contribution in [2.24, 2.45) is 5.92 Å². The number of likely N-dealkylation sites (N-methyl/N-ethyl adjacent to an activating group) is 1. The van der Waals surface area contributed by atoms with Gasteiger partial charge in [-0.25, -0.2) is 0 Å². The fourth-order valence-corrected chi connectivity index (χ4v) is 3.50. The van der Waals surface area contributed by atoms with E-state index in [-0.39, 0.29) is 5.92 Å². The minimum absolute atomic E-state index is 0.168. The van der Waals surface area contributed by atoms with Crippen LogP contribution in [0.1, 0.15) is 25.1 Å². The summed E-state index contributed by atoms with van der Waals surface area (Å²) < 4.78 is 0. The van der Waals surface area contributed by atoms with Crippen LogP contribution in [-0.4, -0.2) is 55.0 Å². The second kappa shape index (κ2) is 8.51. The van der Waals surface area contributed by atoms with Crippen LogP contribution in [0.15, 0.2) is 17.5 Å². The molecule has 21 heavy (non-hydrogen) atoms. The average molecular weight is 309 g/mol. The van der Waals surface area contributed by atoms with Gasteiger partial charge in [0.05, 0.1) is 12.5 Å². The van der Waals surface area contributed by atoms with E-state index in [1.165, 1.54) is 4.88 Å². The molecule has 118 valence electrons. The first-order chi connectivity index (χ1) is 10.2. The standard InChI is InChI=1S/C16H27N3OS/c1-3-18(4-2)9-10-19(13-15-6-5-11-21-15)16(20)14-7-8-17-12-14/h5-6,11,14,17H,3-4,7-10,12-13H2,1-2H3. The maximum absolute atomic E-state index is 12.7. The minimum atomic E-state index is 0.168. The number of hydrogen-bond acceptors (Lipinski definition) is 4. The molecule has 1 N–H and O–H groups in total. The molecule has 0 radical (unpaired) electrons. The average Bonchev–Trinajstić information content (AvgIpc) is 3.19. The molecule has 0 aliphatic carbocycles. The van der Waals surface area contributed by atoms with Gasteiger partial charge in [-0.05, 0) is 37.5 Å². The third-order valence-electron chi connectivity index (χ3n) is 4.23. The third kappa shape index (κ3) is 4.80. The molecule has 5 heteroatoms. The summed E-state index contributed by atoms with van der Waals surface area (Å²) in [7, 11) is 0. The van der Waals surface area contributed by atoms with Crippen molar-refractivity contribution in [3.8, 4) is 0 Å². The summed E-state index contributed by atoms with van der Waals surface area (Å²) in [6.07, 6.45) is 0.977. The Balaban J connectivity index is 1.96. The molecule has 1 aromatic heterocycles. The monoisotopic (exact) mass is 309 g/mol. The molecule has 4 nitrogen and oxygen atoms in total. The Morgan fingerprint density at radius 1 is 1.38 bits per heavy atom. The Kier molecular flexibility index (Phi) is 6.67. The highest BCUT2D eigenvalue weighted by molar-refractivity contribution is 7.09. The van der Waals surface area contributed by atoms with Gasteiger partial charge in [0.1, 0.15) is 0 Å². The van der Waals surface area contributed by atoms with Gasteiger partial charge in [-0.2, -0.15) is 0 Å². The van der Waals surface area contributed by atoms with E-state index in [2.05, 4.69) is 46.5 Å². The van der Waals surface area contributed by atoms with Crippen LogP contribution < -0.4 is 5.32 Å². The zero-order valence-corrected chi connectivity index (χ0v) is 14.0. The number of thiophene rings is 1. The summed E-state index contributed by atoms with van der Waals surface area (Å²) in [5, 5.41) is 5.38. The lowest BCUT2D eigenvalue weighted by atomic mass is 10.1. The molecule has 1 fully saturated rings. The molecule has 2 rings (SSSR count). The summed E-state index contributed by atoms with van der Waals surface area (Å²) in [6.45, 7) is 10.8. The number of nitrogens with one attached hydrogen (secondary N) is 1. The molecule has 0 aromatic carbocycles. The van der Waals surface area contributed by atoms with Gasteiger partial charge >= 0.3 is 0 Å². The third-order valence-corrected chi connectivity index (χ3v) is 5.09. The molecule has 0 bridgehead atoms. The van der Waals surface area contributed by atoms with Crippen LogP contribution >= 0.6 is 11.3 Å². The number of hydrogen-bond donors (Lipinski definition) is 1. The van der Waals surface area contributed by atoms with Crippen LogP contribution in [0.4, 0.5) is 0 Å². The van der Waals surface area contributed by atoms with Gasteiger partial charge in [-0.3, -0.25) is 4.79 Å². The van der Waals surface area contributed by atoms with E-state index in [1.54, 1.807) is 11.3 Å². The van der Waals surface area contributed by atoms with Crippen LogP contribution in [0.3, 0.4) is 0 Å². The first-order valence-corrected chi connectivity index (χ1v) is 8.86. The van der Waals surface area contributed by atoms with Crippen molar-refractivity contribution in [1.82, 2.24) is 15.1 Å². The first kappa shape index (κ1) is 16.5. The van der Waals surface area contributed by atoms with E-state index in [0.29, 0.717) is 5.91 Å². The summed E-state index contributed by atoms with van der Waals surface area (Å²) in [6, 6.07) is 4.18. The molecule has 1 unspecified atom stereocenters. The molecule has 2 heterocycles. The Morgan fingerprint density at radius 2 is 2.19 bits per heavy atom. The predicted molar refractivity (Wildman–Crippen MR) is 88.5 cm³/mol. The normalized spacial score (nSPS) is 18.3. The Morgan fingerprint density at radius 3 is 2.76 bits per heavy atom. The summed E-state index contributed by atoms with van der Waals surface area (Å²) in [5.74, 6) is 0.488. The molecule has 0 spiro atoms. The molecule has 1 atom stereocenters. The van der Waals surface area contributed by atoms with E-state index in [1.807, 2.05) is 0 Å². The smallest absolute Gasteiger partial charge is 0.227 e. The maximum Gasteiger partial charge on any atom is 0.227 e. The van der Waals surface area contributed by atoms with Crippen molar-refractivity contribution >= 4 is 17.2 Å². The second-order valence-electron chi connectivity index (χ2n) is 5.56. The fraction of sp³-hybridized carbons (Fsp3) is 0.688. The highest BCUT2D eigenvalue weighted by Gasteiger charge is 2.27. The van der Waals surface area contributed by atoms with Gasteiger partial charge in [0.15, 0.2) is 0 Å². The SMILES string of the molecule is CCN(CC)CCN(Cc1cccs1)C(=O)C1CCNC1. The van der Waals surface area contributed by atoms with Crippen molar-refractivity contribution in [3.63, 3.8) is 0 Å². The summed E-state index contributed by atoms with van der Waals surface area (Å²) >= 11 is 1.73. The fourth-order valence-electron chi connectivity index (χ4n) is 2.78. The summed E-state index contributed by atoms with van der Waals surface area (Å²) in [5.41, 5.74) is 0. The van der Waals surface area contributed by atoms with Crippen LogP contribution in [0.25, 0.3) is 0 Å². The molecule has 1 aliphatic heterocycles. The van der Waals surface area contributed by atoms with Crippen molar-refractivity contribution in [3.05, 3.63) is 22.4 Å². The largest absolute Gasteiger partial charge is 0.336 e. The summed E-state index contributed by atoms with van der Waals surface area (Å²) in [4.78, 5) is 18.4. The van der Waals surface area contributed by atoms with Gasteiger partial charge in [0.2, 0.25) is 5.91 Å². The Bertz CT molecular complexity index is 411. The highest BCUT2D eigenvalue weighted by atomic mass is 32.1. The van der Waals surface area contributed by atoms with Crippen LogP contribution in [0, 0.1) is 5.92 Å². The molecular formula is C16H27N3OS. The number of carbonyl (C=O) groups excluding carboxylic acids is 1. The molecule has 1 aromatic rings. The molecule has 1 saturated heterocycles. The number of amides is 1. The van der Waals surface area contributed by atoms with Crippen LogP contribution in [-0.2, 0) is 11.3 Å². The Hall–Kier alpha value is -0.910. The Labute approximate surface area is 132 Å². The van der Waals surface area contributed by atoms with E-state index in [9.17, 15) is 4.79 Å². The van der Waals surface area contributed by atoms with Crippen LogP contribution in [0.5, 0.6) is 0 Å². The van der Waals surface area contributed by atoms with Crippen molar-refractivity contribution in [1.29, 1.82) is 0 Å². The van der Waals surface area contributed by atoms with Gasteiger partial charge < -0.3 is 15.1 Å². The molecule has 1 amide bonds. The lowest BCUT2D eigenvalue weighted by Crippen LogP contribution is -2.41. The zero-order valence-electron chi connectivity index (χ0n) is 13.2. The number of rotatable bonds is 8. The van der Waals surface area contributed by atoms with Gasteiger partial charge in [-0.1, -0.05) is 19.9 Å². The van der Waals surface area contributed by atoms with Crippen molar-refractivity contribution in [2.75, 3.05) is 39.3 Å². The molecule has 1 aliphatic rings. The van der Waals surface area contributed by atoms with Gasteiger partial charge in [0, 0.05) is 24.5 Å². The predicted octanol–water partition coefficient (Wildman–Crippen LogP) is 2.03. The van der Waals surface area contributed by atoms with Crippen LogP contribution in [0.2, 0.25) is 0 Å². The lowest BCUT2D eigenvalue weighted by Gasteiger charge is -2.28.